The predicted octanol–water partition coefficient (Wildman–Crippen LogP) is 2.73. The Bertz CT molecular complexity index is 613. The van der Waals surface area contributed by atoms with Crippen LogP contribution in [0.25, 0.3) is 0 Å². The summed E-state index contributed by atoms with van der Waals surface area (Å²) in [5.41, 5.74) is -0.140. The van der Waals surface area contributed by atoms with Crippen molar-refractivity contribution in [3.63, 3.8) is 0 Å². The highest BCUT2D eigenvalue weighted by atomic mass is 32.1. The maximum Gasteiger partial charge on any atom is 0.232 e. The van der Waals surface area contributed by atoms with Gasteiger partial charge in [-0.25, -0.2) is 4.99 Å². The van der Waals surface area contributed by atoms with E-state index in [1.54, 1.807) is 11.3 Å². The molecule has 2 rings (SSSR count). The SMILES string of the molecule is CCNC(=NCc1noc(C(C)(C)C)n1)NCCc1cccs1. The summed E-state index contributed by atoms with van der Waals surface area (Å²) < 4.78 is 5.28. The van der Waals surface area contributed by atoms with Gasteiger partial charge in [0.05, 0.1) is 0 Å². The molecule has 2 N–H and O–H groups in total. The van der Waals surface area contributed by atoms with E-state index in [0.29, 0.717) is 18.3 Å². The third-order valence-electron chi connectivity index (χ3n) is 3.08. The van der Waals surface area contributed by atoms with Gasteiger partial charge in [-0.1, -0.05) is 32.0 Å². The number of hydrogen-bond donors (Lipinski definition) is 2. The first-order chi connectivity index (χ1) is 11.0. The molecule has 2 aromatic heterocycles. The molecule has 0 aliphatic heterocycles. The maximum absolute atomic E-state index is 5.28. The molecule has 0 aliphatic carbocycles. The Morgan fingerprint density at radius 3 is 2.78 bits per heavy atom. The number of aliphatic imine (C=N–C) groups is 1. The van der Waals surface area contributed by atoms with E-state index in [4.69, 9.17) is 4.52 Å². The molecule has 0 fully saturated rings. The standard InChI is InChI=1S/C16H25N5OS/c1-5-17-15(18-9-8-12-7-6-10-23-12)19-11-13-20-14(22-21-13)16(2,3)4/h6-7,10H,5,8-9,11H2,1-4H3,(H2,17,18,19). The topological polar surface area (TPSA) is 75.3 Å². The Hall–Kier alpha value is -1.89. The van der Waals surface area contributed by atoms with Gasteiger partial charge in [-0.05, 0) is 24.8 Å². The van der Waals surface area contributed by atoms with Crippen LogP contribution in [0.4, 0.5) is 0 Å². The molecule has 7 heteroatoms. The van der Waals surface area contributed by atoms with E-state index in [1.165, 1.54) is 4.88 Å². The lowest BCUT2D eigenvalue weighted by Gasteiger charge is -2.10. The van der Waals surface area contributed by atoms with Crippen molar-refractivity contribution in [2.45, 2.75) is 46.1 Å². The summed E-state index contributed by atoms with van der Waals surface area (Å²) in [7, 11) is 0. The smallest absolute Gasteiger partial charge is 0.232 e. The van der Waals surface area contributed by atoms with Gasteiger partial charge >= 0.3 is 0 Å². The van der Waals surface area contributed by atoms with Crippen LogP contribution in [-0.2, 0) is 18.4 Å². The minimum Gasteiger partial charge on any atom is -0.357 e. The molecule has 23 heavy (non-hydrogen) atoms. The maximum atomic E-state index is 5.28. The van der Waals surface area contributed by atoms with Gasteiger partial charge in [-0.3, -0.25) is 0 Å². The van der Waals surface area contributed by atoms with Crippen molar-refractivity contribution < 1.29 is 4.52 Å². The third-order valence-corrected chi connectivity index (χ3v) is 4.01. The highest BCUT2D eigenvalue weighted by Gasteiger charge is 2.21. The van der Waals surface area contributed by atoms with Gasteiger partial charge in [-0.15, -0.1) is 11.3 Å². The van der Waals surface area contributed by atoms with Gasteiger partial charge in [0.15, 0.2) is 11.8 Å². The molecule has 0 bridgehead atoms. The first-order valence-corrected chi connectivity index (χ1v) is 8.74. The van der Waals surface area contributed by atoms with Gasteiger partial charge in [0.2, 0.25) is 5.89 Å². The molecule has 0 atom stereocenters. The van der Waals surface area contributed by atoms with Crippen LogP contribution < -0.4 is 10.6 Å². The molecule has 2 heterocycles. The van der Waals surface area contributed by atoms with Gasteiger partial charge in [0.1, 0.15) is 6.54 Å². The normalized spacial score (nSPS) is 12.4. The second kappa shape index (κ2) is 8.10. The van der Waals surface area contributed by atoms with E-state index in [0.717, 1.165) is 25.5 Å². The zero-order chi connectivity index (χ0) is 16.7. The monoisotopic (exact) mass is 335 g/mol. The summed E-state index contributed by atoms with van der Waals surface area (Å²) in [6.07, 6.45) is 0.985. The van der Waals surface area contributed by atoms with Gasteiger partial charge < -0.3 is 15.2 Å². The highest BCUT2D eigenvalue weighted by Crippen LogP contribution is 2.19. The van der Waals surface area contributed by atoms with Crippen LogP contribution in [0.5, 0.6) is 0 Å². The van der Waals surface area contributed by atoms with Crippen LogP contribution in [-0.4, -0.2) is 29.2 Å². The zero-order valence-electron chi connectivity index (χ0n) is 14.2. The first-order valence-electron chi connectivity index (χ1n) is 7.86. The van der Waals surface area contributed by atoms with E-state index >= 15 is 0 Å². The fraction of sp³-hybridized carbons (Fsp3) is 0.562. The Balaban J connectivity index is 1.88. The number of rotatable bonds is 6. The molecule has 0 amide bonds. The van der Waals surface area contributed by atoms with Crippen molar-refractivity contribution in [3.8, 4) is 0 Å². The minimum atomic E-state index is -0.140. The molecule has 0 saturated heterocycles. The zero-order valence-corrected chi connectivity index (χ0v) is 15.0. The lowest BCUT2D eigenvalue weighted by atomic mass is 9.97. The Labute approximate surface area is 141 Å². The summed E-state index contributed by atoms with van der Waals surface area (Å²) in [6.45, 7) is 10.2. The molecule has 0 spiro atoms. The van der Waals surface area contributed by atoms with Crippen molar-refractivity contribution in [3.05, 3.63) is 34.1 Å². The second-order valence-corrected chi connectivity index (χ2v) is 7.25. The van der Waals surface area contributed by atoms with Gasteiger partial charge in [0, 0.05) is 23.4 Å². The second-order valence-electron chi connectivity index (χ2n) is 6.22. The Morgan fingerprint density at radius 1 is 1.35 bits per heavy atom. The number of nitrogens with one attached hydrogen (secondary N) is 2. The lowest BCUT2D eigenvalue weighted by molar-refractivity contribution is 0.318. The van der Waals surface area contributed by atoms with Crippen molar-refractivity contribution in [2.75, 3.05) is 13.1 Å². The molecular weight excluding hydrogens is 310 g/mol. The van der Waals surface area contributed by atoms with Crippen LogP contribution in [0.15, 0.2) is 27.0 Å². The lowest BCUT2D eigenvalue weighted by Crippen LogP contribution is -2.38. The van der Waals surface area contributed by atoms with E-state index in [9.17, 15) is 0 Å². The predicted molar refractivity (Wildman–Crippen MR) is 93.8 cm³/mol. The summed E-state index contributed by atoms with van der Waals surface area (Å²) in [5.74, 6) is 2.01. The van der Waals surface area contributed by atoms with E-state index in [1.807, 2.05) is 27.7 Å². The minimum absolute atomic E-state index is 0.140. The number of aromatic nitrogens is 2. The molecule has 126 valence electrons. The summed E-state index contributed by atoms with van der Waals surface area (Å²) in [6, 6.07) is 4.21. The number of thiophene rings is 1. The van der Waals surface area contributed by atoms with Gasteiger partial charge in [-0.2, -0.15) is 4.98 Å². The highest BCUT2D eigenvalue weighted by molar-refractivity contribution is 7.09. The quantitative estimate of drug-likeness (QED) is 0.627. The molecule has 0 unspecified atom stereocenters. The van der Waals surface area contributed by atoms with Crippen LogP contribution in [0.3, 0.4) is 0 Å². The van der Waals surface area contributed by atoms with Crippen molar-refractivity contribution in [1.29, 1.82) is 0 Å². The van der Waals surface area contributed by atoms with Crippen LogP contribution >= 0.6 is 11.3 Å². The van der Waals surface area contributed by atoms with Crippen molar-refractivity contribution >= 4 is 17.3 Å². The molecule has 2 aromatic rings. The van der Waals surface area contributed by atoms with E-state index in [-0.39, 0.29) is 5.41 Å². The van der Waals surface area contributed by atoms with E-state index < -0.39 is 0 Å². The van der Waals surface area contributed by atoms with Crippen molar-refractivity contribution in [1.82, 2.24) is 20.8 Å². The van der Waals surface area contributed by atoms with Crippen LogP contribution in [0, 0.1) is 0 Å². The van der Waals surface area contributed by atoms with Crippen molar-refractivity contribution in [2.24, 2.45) is 4.99 Å². The summed E-state index contributed by atoms with van der Waals surface area (Å²) >= 11 is 1.77. The largest absolute Gasteiger partial charge is 0.357 e. The summed E-state index contributed by atoms with van der Waals surface area (Å²) in [5, 5.41) is 12.6. The number of guanidine groups is 1. The molecule has 0 aliphatic rings. The average Bonchev–Trinajstić information content (AvgIpc) is 3.15. The average molecular weight is 335 g/mol. The Kier molecular flexibility index (Phi) is 6.15. The fourth-order valence-electron chi connectivity index (χ4n) is 1.87. The van der Waals surface area contributed by atoms with Crippen LogP contribution in [0.2, 0.25) is 0 Å². The van der Waals surface area contributed by atoms with Gasteiger partial charge in [0.25, 0.3) is 0 Å². The fourth-order valence-corrected chi connectivity index (χ4v) is 2.58. The third kappa shape index (κ3) is 5.67. The summed E-state index contributed by atoms with van der Waals surface area (Å²) in [4.78, 5) is 10.3. The number of nitrogens with zero attached hydrogens (tertiary/aromatic N) is 3. The van der Waals surface area contributed by atoms with Crippen LogP contribution in [0.1, 0.15) is 44.3 Å². The Morgan fingerprint density at radius 2 is 2.17 bits per heavy atom. The molecule has 0 saturated carbocycles. The first kappa shape index (κ1) is 17.5. The molecule has 0 radical (unpaired) electrons. The van der Waals surface area contributed by atoms with E-state index in [2.05, 4.69) is 43.3 Å². The number of hydrogen-bond acceptors (Lipinski definition) is 5. The molecular formula is C16H25N5OS. The molecule has 6 nitrogen and oxygen atoms in total. The molecule has 0 aromatic carbocycles.